The van der Waals surface area contributed by atoms with Gasteiger partial charge in [-0.3, -0.25) is 4.79 Å². The van der Waals surface area contributed by atoms with E-state index in [9.17, 15) is 18.0 Å². The first-order valence-electron chi connectivity index (χ1n) is 6.98. The molecule has 1 fully saturated rings. The maximum Gasteiger partial charge on any atom is 0.406 e. The summed E-state index contributed by atoms with van der Waals surface area (Å²) >= 11 is 0. The maximum absolute atomic E-state index is 12.7. The topological polar surface area (TPSA) is 59.5 Å². The van der Waals surface area contributed by atoms with Crippen LogP contribution in [-0.2, 0) is 11.3 Å². The van der Waals surface area contributed by atoms with Gasteiger partial charge in [0.25, 0.3) is 0 Å². The van der Waals surface area contributed by atoms with E-state index in [0.717, 1.165) is 17.7 Å². The lowest BCUT2D eigenvalue weighted by molar-refractivity contribution is -0.166. The molecule has 2 atom stereocenters. The van der Waals surface area contributed by atoms with Crippen LogP contribution in [0, 0.1) is 5.92 Å². The van der Waals surface area contributed by atoms with Crippen LogP contribution in [0.1, 0.15) is 31.4 Å². The van der Waals surface area contributed by atoms with Crippen molar-refractivity contribution >= 4 is 5.91 Å². The monoisotopic (exact) mass is 304 g/mol. The van der Waals surface area contributed by atoms with E-state index in [4.69, 9.17) is 10.2 Å². The number of alkyl halides is 3. The fourth-order valence-corrected chi connectivity index (χ4v) is 2.73. The van der Waals surface area contributed by atoms with Gasteiger partial charge in [0.1, 0.15) is 12.3 Å². The molecule has 1 aliphatic rings. The van der Waals surface area contributed by atoms with Crippen molar-refractivity contribution in [1.29, 1.82) is 0 Å². The highest BCUT2D eigenvalue weighted by Gasteiger charge is 2.36. The summed E-state index contributed by atoms with van der Waals surface area (Å²) in [6, 6.07) is 3.04. The lowest BCUT2D eigenvalue weighted by atomic mass is 9.85. The van der Waals surface area contributed by atoms with Crippen molar-refractivity contribution in [3.8, 4) is 0 Å². The van der Waals surface area contributed by atoms with E-state index >= 15 is 0 Å². The molecule has 2 unspecified atom stereocenters. The Kier molecular flexibility index (Phi) is 4.92. The third-order valence-corrected chi connectivity index (χ3v) is 3.67. The molecule has 0 saturated heterocycles. The average molecular weight is 304 g/mol. The van der Waals surface area contributed by atoms with Crippen LogP contribution in [0.25, 0.3) is 0 Å². The number of nitrogens with two attached hydrogens (primary N) is 1. The summed E-state index contributed by atoms with van der Waals surface area (Å²) in [6.07, 6.45) is -0.412. The second-order valence-corrected chi connectivity index (χ2v) is 5.51. The van der Waals surface area contributed by atoms with E-state index in [1.807, 2.05) is 0 Å². The Hall–Kier alpha value is -1.50. The Morgan fingerprint density at radius 3 is 2.76 bits per heavy atom. The quantitative estimate of drug-likeness (QED) is 0.930. The molecule has 0 spiro atoms. The molecular weight excluding hydrogens is 285 g/mol. The van der Waals surface area contributed by atoms with Crippen molar-refractivity contribution in [2.75, 3.05) is 6.54 Å². The fourth-order valence-electron chi connectivity index (χ4n) is 2.73. The smallest absolute Gasteiger partial charge is 0.406 e. The first-order chi connectivity index (χ1) is 9.85. The summed E-state index contributed by atoms with van der Waals surface area (Å²) in [5, 5.41) is 0. The zero-order valence-electron chi connectivity index (χ0n) is 11.6. The molecule has 1 amide bonds. The van der Waals surface area contributed by atoms with E-state index < -0.39 is 24.5 Å². The summed E-state index contributed by atoms with van der Waals surface area (Å²) in [5.74, 6) is -0.572. The Labute approximate surface area is 121 Å². The van der Waals surface area contributed by atoms with Crippen LogP contribution in [0.15, 0.2) is 22.8 Å². The Morgan fingerprint density at radius 2 is 2.19 bits per heavy atom. The van der Waals surface area contributed by atoms with Gasteiger partial charge in [0.05, 0.1) is 12.8 Å². The van der Waals surface area contributed by atoms with Crippen LogP contribution in [0.4, 0.5) is 13.2 Å². The average Bonchev–Trinajstić information content (AvgIpc) is 2.88. The number of rotatable bonds is 4. The molecule has 1 saturated carbocycles. The van der Waals surface area contributed by atoms with Gasteiger partial charge in [0.15, 0.2) is 0 Å². The van der Waals surface area contributed by atoms with Crippen molar-refractivity contribution in [2.24, 2.45) is 11.7 Å². The normalized spacial score (nSPS) is 23.0. The Morgan fingerprint density at radius 1 is 1.43 bits per heavy atom. The summed E-state index contributed by atoms with van der Waals surface area (Å²) in [4.78, 5) is 13.2. The zero-order chi connectivity index (χ0) is 15.5. The third-order valence-electron chi connectivity index (χ3n) is 3.67. The Balaban J connectivity index is 2.07. The highest BCUT2D eigenvalue weighted by Crippen LogP contribution is 2.27. The van der Waals surface area contributed by atoms with E-state index in [1.54, 1.807) is 12.1 Å². The molecule has 1 heterocycles. The van der Waals surface area contributed by atoms with Crippen molar-refractivity contribution in [3.05, 3.63) is 24.2 Å². The van der Waals surface area contributed by atoms with Gasteiger partial charge in [-0.05, 0) is 31.4 Å². The molecule has 2 rings (SSSR count). The largest absolute Gasteiger partial charge is 0.467 e. The predicted molar refractivity (Wildman–Crippen MR) is 70.1 cm³/mol. The summed E-state index contributed by atoms with van der Waals surface area (Å²) in [7, 11) is 0. The van der Waals surface area contributed by atoms with E-state index in [1.165, 1.54) is 6.26 Å². The highest BCUT2D eigenvalue weighted by atomic mass is 19.4. The molecule has 0 bridgehead atoms. The highest BCUT2D eigenvalue weighted by molar-refractivity contribution is 5.79. The van der Waals surface area contributed by atoms with Crippen LogP contribution in [0.3, 0.4) is 0 Å². The number of nitrogens with zero attached hydrogens (tertiary/aromatic N) is 1. The lowest BCUT2D eigenvalue weighted by Crippen LogP contribution is -2.44. The molecule has 118 valence electrons. The minimum Gasteiger partial charge on any atom is -0.467 e. The van der Waals surface area contributed by atoms with Gasteiger partial charge in [-0.25, -0.2) is 0 Å². The van der Waals surface area contributed by atoms with Crippen LogP contribution in [-0.4, -0.2) is 29.6 Å². The summed E-state index contributed by atoms with van der Waals surface area (Å²) in [5.41, 5.74) is 5.81. The van der Waals surface area contributed by atoms with Crippen LogP contribution in [0.2, 0.25) is 0 Å². The number of halogens is 3. The van der Waals surface area contributed by atoms with E-state index in [-0.39, 0.29) is 12.6 Å². The molecule has 2 N–H and O–H groups in total. The predicted octanol–water partition coefficient (Wildman–Crippen LogP) is 2.69. The molecule has 1 aromatic rings. The zero-order valence-corrected chi connectivity index (χ0v) is 11.6. The van der Waals surface area contributed by atoms with Crippen LogP contribution >= 0.6 is 0 Å². The molecule has 1 aromatic heterocycles. The van der Waals surface area contributed by atoms with Crippen LogP contribution in [0.5, 0.6) is 0 Å². The first kappa shape index (κ1) is 15.9. The summed E-state index contributed by atoms with van der Waals surface area (Å²) < 4.78 is 43.1. The minimum atomic E-state index is -4.43. The van der Waals surface area contributed by atoms with Crippen molar-refractivity contribution in [1.82, 2.24) is 4.90 Å². The number of carbonyl (C=O) groups excluding carboxylic acids is 1. The van der Waals surface area contributed by atoms with Crippen LogP contribution < -0.4 is 5.73 Å². The Bertz CT molecular complexity index is 459. The second kappa shape index (κ2) is 6.51. The van der Waals surface area contributed by atoms with Crippen molar-refractivity contribution < 1.29 is 22.4 Å². The molecule has 7 heteroatoms. The van der Waals surface area contributed by atoms with Gasteiger partial charge in [-0.15, -0.1) is 0 Å². The SMILES string of the molecule is NC1CCCC(C(=O)N(Cc2ccco2)CC(F)(F)F)C1. The summed E-state index contributed by atoms with van der Waals surface area (Å²) in [6.45, 7) is -1.44. The maximum atomic E-state index is 12.7. The number of hydrogen-bond donors (Lipinski definition) is 1. The van der Waals surface area contributed by atoms with E-state index in [0.29, 0.717) is 18.6 Å². The van der Waals surface area contributed by atoms with Gasteiger partial charge in [0, 0.05) is 12.0 Å². The molecule has 0 aliphatic heterocycles. The minimum absolute atomic E-state index is 0.107. The fraction of sp³-hybridized carbons (Fsp3) is 0.643. The van der Waals surface area contributed by atoms with Gasteiger partial charge < -0.3 is 15.1 Å². The molecule has 4 nitrogen and oxygen atoms in total. The molecule has 1 aliphatic carbocycles. The molecule has 0 radical (unpaired) electrons. The molecular formula is C14H19F3N2O2. The number of furan rings is 1. The molecule has 0 aromatic carbocycles. The first-order valence-corrected chi connectivity index (χ1v) is 6.98. The lowest BCUT2D eigenvalue weighted by Gasteiger charge is -2.31. The van der Waals surface area contributed by atoms with Gasteiger partial charge in [-0.1, -0.05) is 6.42 Å². The van der Waals surface area contributed by atoms with Gasteiger partial charge in [0.2, 0.25) is 5.91 Å². The third kappa shape index (κ3) is 4.77. The standard InChI is InChI=1S/C14H19F3N2O2/c15-14(16,17)9-19(8-12-5-2-6-21-12)13(20)10-3-1-4-11(18)7-10/h2,5-6,10-11H,1,3-4,7-9,18H2. The molecule has 21 heavy (non-hydrogen) atoms. The number of hydrogen-bond acceptors (Lipinski definition) is 3. The van der Waals surface area contributed by atoms with Crippen molar-refractivity contribution in [3.63, 3.8) is 0 Å². The van der Waals surface area contributed by atoms with Gasteiger partial charge >= 0.3 is 6.18 Å². The van der Waals surface area contributed by atoms with Gasteiger partial charge in [-0.2, -0.15) is 13.2 Å². The number of carbonyl (C=O) groups is 1. The second-order valence-electron chi connectivity index (χ2n) is 5.51. The number of amides is 1. The van der Waals surface area contributed by atoms with E-state index in [2.05, 4.69) is 0 Å². The van der Waals surface area contributed by atoms with Crippen molar-refractivity contribution in [2.45, 2.75) is 44.4 Å².